The van der Waals surface area contributed by atoms with Crippen LogP contribution in [0, 0.1) is 5.82 Å². The number of benzene rings is 2. The van der Waals surface area contributed by atoms with Crippen LogP contribution < -0.4 is 16.8 Å². The molecule has 0 unspecified atom stereocenters. The van der Waals surface area contributed by atoms with Gasteiger partial charge in [-0.3, -0.25) is 9.59 Å². The molecule has 0 spiro atoms. The molecule has 2 amide bonds. The number of para-hydroxylation sites is 2. The lowest BCUT2D eigenvalue weighted by molar-refractivity contribution is -0.117. The molecule has 0 atom stereocenters. The van der Waals surface area contributed by atoms with Gasteiger partial charge in [0.25, 0.3) is 5.91 Å². The Morgan fingerprint density at radius 3 is 2.52 bits per heavy atom. The Hall–Kier alpha value is -2.89. The first kappa shape index (κ1) is 14.5. The number of halogens is 1. The van der Waals surface area contributed by atoms with Crippen molar-refractivity contribution in [2.45, 2.75) is 6.42 Å². The third-order valence-electron chi connectivity index (χ3n) is 2.93. The van der Waals surface area contributed by atoms with Crippen molar-refractivity contribution in [2.75, 3.05) is 11.1 Å². The summed E-state index contributed by atoms with van der Waals surface area (Å²) in [4.78, 5) is 23.2. The fraction of sp³-hybridized carbons (Fsp3) is 0.0667. The average molecular weight is 287 g/mol. The second-order valence-electron chi connectivity index (χ2n) is 4.46. The van der Waals surface area contributed by atoms with Gasteiger partial charge in [0.2, 0.25) is 5.91 Å². The number of hydrogen-bond donors (Lipinski definition) is 3. The van der Waals surface area contributed by atoms with E-state index in [-0.39, 0.29) is 17.7 Å². The molecule has 0 saturated heterocycles. The molecule has 6 heteroatoms. The third-order valence-corrected chi connectivity index (χ3v) is 2.93. The zero-order valence-corrected chi connectivity index (χ0v) is 11.1. The largest absolute Gasteiger partial charge is 0.396 e. The van der Waals surface area contributed by atoms with Gasteiger partial charge in [0.15, 0.2) is 0 Å². The van der Waals surface area contributed by atoms with Crippen molar-refractivity contribution in [3.63, 3.8) is 0 Å². The fourth-order valence-electron chi connectivity index (χ4n) is 1.91. The number of amides is 2. The number of anilines is 2. The molecule has 0 radical (unpaired) electrons. The first-order valence-corrected chi connectivity index (χ1v) is 6.20. The first-order valence-electron chi connectivity index (χ1n) is 6.20. The Morgan fingerprint density at radius 1 is 1.10 bits per heavy atom. The number of carbonyl (C=O) groups is 2. The van der Waals surface area contributed by atoms with Crippen molar-refractivity contribution in [3.8, 4) is 0 Å². The highest BCUT2D eigenvalue weighted by Crippen LogP contribution is 2.20. The molecule has 5 nitrogen and oxygen atoms in total. The summed E-state index contributed by atoms with van der Waals surface area (Å²) < 4.78 is 13.4. The Labute approximate surface area is 120 Å². The normalized spacial score (nSPS) is 10.1. The van der Waals surface area contributed by atoms with Crippen molar-refractivity contribution in [1.82, 2.24) is 0 Å². The highest BCUT2D eigenvalue weighted by Gasteiger charge is 2.14. The van der Waals surface area contributed by atoms with Crippen LogP contribution in [-0.4, -0.2) is 11.8 Å². The number of nitrogen functional groups attached to an aromatic ring is 1. The van der Waals surface area contributed by atoms with Crippen LogP contribution in [-0.2, 0) is 11.2 Å². The summed E-state index contributed by atoms with van der Waals surface area (Å²) in [6.07, 6.45) is -0.00487. The predicted octanol–water partition coefficient (Wildman–Crippen LogP) is 1.69. The Morgan fingerprint density at radius 2 is 1.81 bits per heavy atom. The molecule has 21 heavy (non-hydrogen) atoms. The lowest BCUT2D eigenvalue weighted by Gasteiger charge is -2.11. The van der Waals surface area contributed by atoms with Crippen molar-refractivity contribution >= 4 is 23.2 Å². The van der Waals surface area contributed by atoms with Gasteiger partial charge < -0.3 is 16.8 Å². The molecule has 0 bridgehead atoms. The molecule has 2 rings (SSSR count). The van der Waals surface area contributed by atoms with Crippen LogP contribution in [0.25, 0.3) is 0 Å². The van der Waals surface area contributed by atoms with Gasteiger partial charge in [-0.1, -0.05) is 24.3 Å². The number of nitrogens with one attached hydrogen (secondary N) is 1. The quantitative estimate of drug-likeness (QED) is 0.746. The van der Waals surface area contributed by atoms with Crippen molar-refractivity contribution < 1.29 is 14.0 Å². The van der Waals surface area contributed by atoms with Gasteiger partial charge in [0.1, 0.15) is 5.82 Å². The summed E-state index contributed by atoms with van der Waals surface area (Å²) in [7, 11) is 0. The average Bonchev–Trinajstić information content (AvgIpc) is 2.43. The molecule has 0 aromatic heterocycles. The molecule has 0 aliphatic heterocycles. The Bertz CT molecular complexity index is 701. The third kappa shape index (κ3) is 3.36. The van der Waals surface area contributed by atoms with Gasteiger partial charge in [-0.2, -0.15) is 0 Å². The number of nitrogens with two attached hydrogens (primary N) is 2. The maximum absolute atomic E-state index is 13.4. The monoisotopic (exact) mass is 287 g/mol. The molecule has 0 aliphatic carbocycles. The minimum atomic E-state index is -0.659. The summed E-state index contributed by atoms with van der Waals surface area (Å²) in [6, 6.07) is 10.7. The summed E-state index contributed by atoms with van der Waals surface area (Å²) in [5.41, 5.74) is 11.5. The van der Waals surface area contributed by atoms with Gasteiger partial charge in [0.05, 0.1) is 17.7 Å². The molecule has 0 aliphatic rings. The van der Waals surface area contributed by atoms with Crippen molar-refractivity contribution in [2.24, 2.45) is 5.73 Å². The minimum absolute atomic E-state index is 0.00487. The van der Waals surface area contributed by atoms with E-state index in [0.29, 0.717) is 11.3 Å². The molecular formula is C15H14FN3O2. The molecule has 0 heterocycles. The van der Waals surface area contributed by atoms with Crippen LogP contribution in [0.4, 0.5) is 15.8 Å². The molecule has 0 saturated carbocycles. The number of primary amides is 1. The van der Waals surface area contributed by atoms with Crippen LogP contribution in [0.3, 0.4) is 0 Å². The van der Waals surface area contributed by atoms with E-state index in [0.717, 1.165) is 0 Å². The highest BCUT2D eigenvalue weighted by molar-refractivity contribution is 6.08. The van der Waals surface area contributed by atoms with Crippen LogP contribution in [0.1, 0.15) is 15.9 Å². The second-order valence-corrected chi connectivity index (χ2v) is 4.46. The molecule has 108 valence electrons. The SMILES string of the molecule is NC(=O)Cc1ccccc1NC(=O)c1cccc(F)c1N. The van der Waals surface area contributed by atoms with Crippen molar-refractivity contribution in [3.05, 3.63) is 59.4 Å². The zero-order chi connectivity index (χ0) is 15.4. The van der Waals surface area contributed by atoms with Crippen LogP contribution in [0.15, 0.2) is 42.5 Å². The second kappa shape index (κ2) is 6.04. The van der Waals surface area contributed by atoms with E-state index in [4.69, 9.17) is 11.5 Å². The standard InChI is InChI=1S/C15H14FN3O2/c16-11-6-3-5-10(14(11)18)15(21)19-12-7-2-1-4-9(12)8-13(17)20/h1-7H,8,18H2,(H2,17,20)(H,19,21). The molecular weight excluding hydrogens is 273 g/mol. The van der Waals surface area contributed by atoms with E-state index >= 15 is 0 Å². The van der Waals surface area contributed by atoms with Gasteiger partial charge in [0, 0.05) is 5.69 Å². The van der Waals surface area contributed by atoms with E-state index in [1.165, 1.54) is 18.2 Å². The van der Waals surface area contributed by atoms with E-state index in [9.17, 15) is 14.0 Å². The number of rotatable bonds is 4. The lowest BCUT2D eigenvalue weighted by atomic mass is 10.1. The summed E-state index contributed by atoms with van der Waals surface area (Å²) in [5.74, 6) is -1.72. The predicted molar refractivity (Wildman–Crippen MR) is 78.1 cm³/mol. The molecule has 2 aromatic carbocycles. The number of hydrogen-bond acceptors (Lipinski definition) is 3. The summed E-state index contributed by atoms with van der Waals surface area (Å²) in [5, 5.41) is 2.61. The first-order chi connectivity index (χ1) is 9.99. The highest BCUT2D eigenvalue weighted by atomic mass is 19.1. The molecule has 0 fully saturated rings. The van der Waals surface area contributed by atoms with E-state index in [1.807, 2.05) is 0 Å². The van der Waals surface area contributed by atoms with E-state index < -0.39 is 17.6 Å². The smallest absolute Gasteiger partial charge is 0.257 e. The molecule has 2 aromatic rings. The van der Waals surface area contributed by atoms with Gasteiger partial charge in [-0.15, -0.1) is 0 Å². The van der Waals surface area contributed by atoms with Gasteiger partial charge in [-0.25, -0.2) is 4.39 Å². The topological polar surface area (TPSA) is 98.2 Å². The lowest BCUT2D eigenvalue weighted by Crippen LogP contribution is -2.18. The fourth-order valence-corrected chi connectivity index (χ4v) is 1.91. The van der Waals surface area contributed by atoms with Crippen molar-refractivity contribution in [1.29, 1.82) is 0 Å². The minimum Gasteiger partial charge on any atom is -0.396 e. The van der Waals surface area contributed by atoms with Crippen LogP contribution in [0.5, 0.6) is 0 Å². The maximum atomic E-state index is 13.4. The Kier molecular flexibility index (Phi) is 4.18. The van der Waals surface area contributed by atoms with E-state index in [2.05, 4.69) is 5.32 Å². The Balaban J connectivity index is 2.28. The van der Waals surface area contributed by atoms with Crippen LogP contribution in [0.2, 0.25) is 0 Å². The maximum Gasteiger partial charge on any atom is 0.257 e. The molecule has 5 N–H and O–H groups in total. The summed E-state index contributed by atoms with van der Waals surface area (Å²) >= 11 is 0. The van der Waals surface area contributed by atoms with E-state index in [1.54, 1.807) is 24.3 Å². The van der Waals surface area contributed by atoms with Gasteiger partial charge >= 0.3 is 0 Å². The number of carbonyl (C=O) groups excluding carboxylic acids is 2. The zero-order valence-electron chi connectivity index (χ0n) is 11.1. The summed E-state index contributed by atoms with van der Waals surface area (Å²) in [6.45, 7) is 0. The van der Waals surface area contributed by atoms with Crippen LogP contribution >= 0.6 is 0 Å². The van der Waals surface area contributed by atoms with Gasteiger partial charge in [-0.05, 0) is 23.8 Å².